The summed E-state index contributed by atoms with van der Waals surface area (Å²) in [5, 5.41) is 17.6. The molecule has 0 aliphatic heterocycles. The molecule has 0 radical (unpaired) electrons. The second-order valence-electron chi connectivity index (χ2n) is 2.78. The summed E-state index contributed by atoms with van der Waals surface area (Å²) in [5.41, 5.74) is 5.29. The Labute approximate surface area is 58.7 Å². The van der Waals surface area contributed by atoms with Crippen LogP contribution in [-0.2, 0) is 0 Å². The maximum absolute atomic E-state index is 12.7. The van der Waals surface area contributed by atoms with Crippen LogP contribution in [0.15, 0.2) is 0 Å². The Morgan fingerprint density at radius 3 is 2.40 bits per heavy atom. The Kier molecular flexibility index (Phi) is 2.23. The molecule has 4 atom stereocenters. The van der Waals surface area contributed by atoms with Gasteiger partial charge in [-0.1, -0.05) is 0 Å². The van der Waals surface area contributed by atoms with Crippen molar-refractivity contribution in [3.63, 3.8) is 0 Å². The molecule has 0 aromatic heterocycles. The van der Waals surface area contributed by atoms with Crippen LogP contribution in [-0.4, -0.2) is 35.1 Å². The molecule has 1 rings (SSSR count). The molecular formula is C6H12FNO2. The van der Waals surface area contributed by atoms with E-state index >= 15 is 0 Å². The van der Waals surface area contributed by atoms with Crippen molar-refractivity contribution in [3.05, 3.63) is 0 Å². The lowest BCUT2D eigenvalue weighted by atomic mass is 10.1. The predicted molar refractivity (Wildman–Crippen MR) is 34.1 cm³/mol. The van der Waals surface area contributed by atoms with E-state index < -0.39 is 18.3 Å². The second-order valence-corrected chi connectivity index (χ2v) is 2.78. The number of hydrogen-bond acceptors (Lipinski definition) is 3. The molecule has 0 spiro atoms. The number of nitrogens with two attached hydrogens (primary N) is 1. The number of rotatable bonds is 1. The fourth-order valence-electron chi connectivity index (χ4n) is 1.31. The number of halogens is 1. The summed E-state index contributed by atoms with van der Waals surface area (Å²) in [6, 6.07) is -0.604. The summed E-state index contributed by atoms with van der Waals surface area (Å²) >= 11 is 0. The van der Waals surface area contributed by atoms with Gasteiger partial charge in [0.2, 0.25) is 0 Å². The van der Waals surface area contributed by atoms with E-state index in [0.29, 0.717) is 6.42 Å². The predicted octanol–water partition coefficient (Wildman–Crippen LogP) is -0.975. The van der Waals surface area contributed by atoms with Gasteiger partial charge in [0.05, 0.1) is 6.10 Å². The van der Waals surface area contributed by atoms with E-state index in [2.05, 4.69) is 0 Å². The highest BCUT2D eigenvalue weighted by Gasteiger charge is 2.40. The standard InChI is InChI=1S/C6H12FNO2/c7-5-4(8)1-3(2-9)6(5)10/h3-6,9-10H,1-2,8H2. The lowest BCUT2D eigenvalue weighted by Crippen LogP contribution is -2.32. The van der Waals surface area contributed by atoms with Crippen molar-refractivity contribution in [2.45, 2.75) is 24.7 Å². The lowest BCUT2D eigenvalue weighted by Gasteiger charge is -2.11. The summed E-state index contributed by atoms with van der Waals surface area (Å²) in [4.78, 5) is 0. The average molecular weight is 149 g/mol. The Hall–Kier alpha value is -0.190. The molecule has 60 valence electrons. The molecule has 0 heterocycles. The first-order valence-corrected chi connectivity index (χ1v) is 3.35. The van der Waals surface area contributed by atoms with Gasteiger partial charge in [-0.3, -0.25) is 0 Å². The molecule has 1 aliphatic rings. The van der Waals surface area contributed by atoms with Crippen LogP contribution in [0.4, 0.5) is 4.39 Å². The molecule has 3 nitrogen and oxygen atoms in total. The Morgan fingerprint density at radius 1 is 1.60 bits per heavy atom. The normalized spacial score (nSPS) is 48.0. The highest BCUT2D eigenvalue weighted by molar-refractivity contribution is 4.93. The molecular weight excluding hydrogens is 137 g/mol. The molecule has 0 bridgehead atoms. The van der Waals surface area contributed by atoms with Gasteiger partial charge in [0.1, 0.15) is 6.17 Å². The molecule has 1 aliphatic carbocycles. The van der Waals surface area contributed by atoms with Gasteiger partial charge >= 0.3 is 0 Å². The third-order valence-corrected chi connectivity index (χ3v) is 2.03. The van der Waals surface area contributed by atoms with E-state index in [9.17, 15) is 4.39 Å². The van der Waals surface area contributed by atoms with Crippen LogP contribution in [0.1, 0.15) is 6.42 Å². The second kappa shape index (κ2) is 2.82. The van der Waals surface area contributed by atoms with Crippen molar-refractivity contribution in [2.24, 2.45) is 11.7 Å². The molecule has 1 fully saturated rings. The summed E-state index contributed by atoms with van der Waals surface area (Å²) < 4.78 is 12.7. The molecule has 4 N–H and O–H groups in total. The van der Waals surface area contributed by atoms with Crippen LogP contribution in [0.2, 0.25) is 0 Å². The van der Waals surface area contributed by atoms with Gasteiger partial charge in [0.25, 0.3) is 0 Å². The van der Waals surface area contributed by atoms with E-state index in [4.69, 9.17) is 15.9 Å². The number of alkyl halides is 1. The first-order valence-electron chi connectivity index (χ1n) is 3.35. The third-order valence-electron chi connectivity index (χ3n) is 2.03. The van der Waals surface area contributed by atoms with Crippen LogP contribution in [0.5, 0.6) is 0 Å². The first kappa shape index (κ1) is 7.91. The van der Waals surface area contributed by atoms with Gasteiger partial charge in [-0.25, -0.2) is 4.39 Å². The Bertz CT molecular complexity index is 122. The van der Waals surface area contributed by atoms with Crippen LogP contribution < -0.4 is 5.73 Å². The van der Waals surface area contributed by atoms with Crippen molar-refractivity contribution in [3.8, 4) is 0 Å². The number of aliphatic hydroxyl groups is 2. The summed E-state index contributed by atoms with van der Waals surface area (Å²) in [6.45, 7) is -0.185. The first-order chi connectivity index (χ1) is 4.66. The molecule has 10 heavy (non-hydrogen) atoms. The maximum atomic E-state index is 12.7. The minimum absolute atomic E-state index is 0.185. The van der Waals surface area contributed by atoms with Crippen LogP contribution in [0.25, 0.3) is 0 Å². The molecule has 4 heteroatoms. The zero-order chi connectivity index (χ0) is 7.72. The van der Waals surface area contributed by atoms with E-state index in [1.165, 1.54) is 0 Å². The van der Waals surface area contributed by atoms with Crippen molar-refractivity contribution >= 4 is 0 Å². The number of hydrogen-bond donors (Lipinski definition) is 3. The zero-order valence-electron chi connectivity index (χ0n) is 5.57. The largest absolute Gasteiger partial charge is 0.396 e. The molecule has 0 saturated heterocycles. The maximum Gasteiger partial charge on any atom is 0.141 e. The number of aliphatic hydroxyl groups excluding tert-OH is 2. The molecule has 4 unspecified atom stereocenters. The van der Waals surface area contributed by atoms with E-state index in [1.807, 2.05) is 0 Å². The summed E-state index contributed by atoms with van der Waals surface area (Å²) in [5.74, 6) is -0.370. The topological polar surface area (TPSA) is 66.5 Å². The lowest BCUT2D eigenvalue weighted by molar-refractivity contribution is 0.0436. The van der Waals surface area contributed by atoms with Gasteiger partial charge in [0, 0.05) is 18.6 Å². The Morgan fingerprint density at radius 2 is 2.20 bits per heavy atom. The molecule has 0 aromatic carbocycles. The summed E-state index contributed by atoms with van der Waals surface area (Å²) in [6.07, 6.45) is -2.06. The fourth-order valence-corrected chi connectivity index (χ4v) is 1.31. The smallest absolute Gasteiger partial charge is 0.141 e. The molecule has 0 amide bonds. The minimum atomic E-state index is -1.36. The molecule has 1 saturated carbocycles. The van der Waals surface area contributed by atoms with Crippen molar-refractivity contribution < 1.29 is 14.6 Å². The van der Waals surface area contributed by atoms with Gasteiger partial charge in [-0.2, -0.15) is 0 Å². The van der Waals surface area contributed by atoms with E-state index in [1.54, 1.807) is 0 Å². The van der Waals surface area contributed by atoms with Gasteiger partial charge in [-0.05, 0) is 6.42 Å². The SMILES string of the molecule is NC1CC(CO)C(O)C1F. The summed E-state index contributed by atoms with van der Waals surface area (Å²) in [7, 11) is 0. The molecule has 0 aromatic rings. The quantitative estimate of drug-likeness (QED) is 0.449. The minimum Gasteiger partial charge on any atom is -0.396 e. The van der Waals surface area contributed by atoms with E-state index in [0.717, 1.165) is 0 Å². The van der Waals surface area contributed by atoms with Crippen molar-refractivity contribution in [2.75, 3.05) is 6.61 Å². The van der Waals surface area contributed by atoms with E-state index in [-0.39, 0.29) is 12.5 Å². The Balaban J connectivity index is 2.53. The average Bonchev–Trinajstić information content (AvgIpc) is 2.17. The fraction of sp³-hybridized carbons (Fsp3) is 1.00. The highest BCUT2D eigenvalue weighted by Crippen LogP contribution is 2.26. The monoisotopic (exact) mass is 149 g/mol. The van der Waals surface area contributed by atoms with Crippen molar-refractivity contribution in [1.29, 1.82) is 0 Å². The van der Waals surface area contributed by atoms with Gasteiger partial charge < -0.3 is 15.9 Å². The van der Waals surface area contributed by atoms with Gasteiger partial charge in [0.15, 0.2) is 0 Å². The van der Waals surface area contributed by atoms with Crippen molar-refractivity contribution in [1.82, 2.24) is 0 Å². The zero-order valence-corrected chi connectivity index (χ0v) is 5.57. The highest BCUT2D eigenvalue weighted by atomic mass is 19.1. The van der Waals surface area contributed by atoms with Crippen LogP contribution in [0.3, 0.4) is 0 Å². The van der Waals surface area contributed by atoms with Crippen LogP contribution >= 0.6 is 0 Å². The van der Waals surface area contributed by atoms with Crippen LogP contribution in [0, 0.1) is 5.92 Å². The third kappa shape index (κ3) is 1.14. The van der Waals surface area contributed by atoms with Gasteiger partial charge in [-0.15, -0.1) is 0 Å².